The number of aryl methyl sites for hydroxylation is 1. The molecule has 2 heterocycles. The van der Waals surface area contributed by atoms with Crippen LogP contribution in [0.5, 0.6) is 5.75 Å². The summed E-state index contributed by atoms with van der Waals surface area (Å²) in [5.41, 5.74) is 1.32. The van der Waals surface area contributed by atoms with Crippen LogP contribution in [-0.4, -0.2) is 34.9 Å². The molecular weight excluding hydrogens is 513 g/mol. The predicted octanol–water partition coefficient (Wildman–Crippen LogP) is 5.64. The minimum absolute atomic E-state index is 0.126. The van der Waals surface area contributed by atoms with Gasteiger partial charge in [-0.2, -0.15) is 18.3 Å². The molecule has 1 aromatic heterocycles. The van der Waals surface area contributed by atoms with E-state index in [4.69, 9.17) is 4.74 Å². The number of hydrogen-bond donors (Lipinski definition) is 2. The highest BCUT2D eigenvalue weighted by Gasteiger charge is 2.30. The third-order valence-corrected chi connectivity index (χ3v) is 6.33. The molecule has 180 valence electrons. The first kappa shape index (κ1) is 24.3. The Hall–Kier alpha value is -2.85. The summed E-state index contributed by atoms with van der Waals surface area (Å²) in [6.45, 7) is 1.57. The van der Waals surface area contributed by atoms with E-state index in [1.807, 2.05) is 0 Å². The number of hydrogen-bond acceptors (Lipinski definition) is 4. The molecule has 2 aromatic carbocycles. The minimum Gasteiger partial charge on any atom is -0.493 e. The van der Waals surface area contributed by atoms with Crippen molar-refractivity contribution in [2.45, 2.75) is 31.5 Å². The van der Waals surface area contributed by atoms with E-state index in [1.165, 1.54) is 6.42 Å². The Morgan fingerprint density at radius 2 is 2.03 bits per heavy atom. The fourth-order valence-electron chi connectivity index (χ4n) is 3.96. The number of benzene rings is 2. The van der Waals surface area contributed by atoms with Crippen LogP contribution in [0.4, 0.5) is 18.9 Å². The molecule has 1 aliphatic rings. The number of halogens is 4. The zero-order chi connectivity index (χ0) is 24.3. The molecule has 34 heavy (non-hydrogen) atoms. The number of amides is 1. The Balaban J connectivity index is 1.54. The summed E-state index contributed by atoms with van der Waals surface area (Å²) < 4.78 is 47.0. The minimum atomic E-state index is -4.45. The van der Waals surface area contributed by atoms with E-state index in [-0.39, 0.29) is 5.56 Å². The second-order valence-corrected chi connectivity index (χ2v) is 8.99. The van der Waals surface area contributed by atoms with E-state index in [0.29, 0.717) is 24.1 Å². The van der Waals surface area contributed by atoms with Crippen molar-refractivity contribution in [1.82, 2.24) is 15.1 Å². The van der Waals surface area contributed by atoms with Crippen LogP contribution >= 0.6 is 15.9 Å². The van der Waals surface area contributed by atoms with Crippen molar-refractivity contribution in [3.63, 3.8) is 0 Å². The van der Waals surface area contributed by atoms with E-state index in [1.54, 1.807) is 36.1 Å². The van der Waals surface area contributed by atoms with Crippen LogP contribution in [0.25, 0.3) is 11.3 Å². The van der Waals surface area contributed by atoms with Gasteiger partial charge in [-0.3, -0.25) is 9.48 Å². The van der Waals surface area contributed by atoms with E-state index < -0.39 is 17.6 Å². The second-order valence-electron chi connectivity index (χ2n) is 8.14. The molecule has 1 unspecified atom stereocenters. The molecule has 1 amide bonds. The van der Waals surface area contributed by atoms with Crippen LogP contribution in [0.3, 0.4) is 0 Å². The van der Waals surface area contributed by atoms with Crippen molar-refractivity contribution in [2.75, 3.05) is 18.5 Å². The average molecular weight is 537 g/mol. The lowest BCUT2D eigenvalue weighted by atomic mass is 10.1. The van der Waals surface area contributed by atoms with Gasteiger partial charge < -0.3 is 15.4 Å². The van der Waals surface area contributed by atoms with Gasteiger partial charge in [-0.15, -0.1) is 0 Å². The summed E-state index contributed by atoms with van der Waals surface area (Å²) in [4.78, 5) is 12.7. The molecule has 0 aliphatic carbocycles. The molecule has 0 spiro atoms. The summed E-state index contributed by atoms with van der Waals surface area (Å²) in [6, 6.07) is 9.81. The monoisotopic (exact) mass is 536 g/mol. The average Bonchev–Trinajstić information content (AvgIpc) is 3.43. The van der Waals surface area contributed by atoms with Crippen molar-refractivity contribution < 1.29 is 22.7 Å². The zero-order valence-electron chi connectivity index (χ0n) is 18.5. The number of carbonyl (C=O) groups is 1. The third kappa shape index (κ3) is 5.61. The zero-order valence-corrected chi connectivity index (χ0v) is 20.0. The molecule has 0 bridgehead atoms. The number of alkyl halides is 3. The Bertz CT molecular complexity index is 1140. The Labute approximate surface area is 203 Å². The molecule has 1 fully saturated rings. The number of carbonyl (C=O) groups excluding carboxylic acids is 1. The van der Waals surface area contributed by atoms with Gasteiger partial charge in [0.15, 0.2) is 0 Å². The van der Waals surface area contributed by atoms with Gasteiger partial charge in [0.05, 0.1) is 28.5 Å². The third-order valence-electron chi connectivity index (χ3n) is 5.75. The van der Waals surface area contributed by atoms with Gasteiger partial charge in [-0.1, -0.05) is 0 Å². The summed E-state index contributed by atoms with van der Waals surface area (Å²) in [5.74, 6) is 0.138. The molecule has 2 N–H and O–H groups in total. The molecular formula is C24H24BrF3N4O2. The number of anilines is 1. The normalized spacial score (nSPS) is 16.0. The lowest BCUT2D eigenvalue weighted by Gasteiger charge is -2.16. The number of ether oxygens (including phenoxy) is 1. The van der Waals surface area contributed by atoms with Crippen LogP contribution in [0.15, 0.2) is 53.1 Å². The number of nitrogens with one attached hydrogen (secondary N) is 2. The molecule has 0 radical (unpaired) electrons. The molecule has 1 aliphatic heterocycles. The Morgan fingerprint density at radius 3 is 2.65 bits per heavy atom. The SMILES string of the molecule is Cn1ncc(Br)c1-c1cc(NC(=O)c2ccc(C(F)(F)F)cc2)ccc1OCCC1CCCN1. The van der Waals surface area contributed by atoms with Gasteiger partial charge in [-0.25, -0.2) is 0 Å². The first-order valence-corrected chi connectivity index (χ1v) is 11.7. The summed E-state index contributed by atoms with van der Waals surface area (Å²) in [7, 11) is 1.81. The molecule has 0 saturated carbocycles. The van der Waals surface area contributed by atoms with Crippen molar-refractivity contribution in [3.8, 4) is 17.0 Å². The largest absolute Gasteiger partial charge is 0.493 e. The predicted molar refractivity (Wildman–Crippen MR) is 127 cm³/mol. The van der Waals surface area contributed by atoms with Gasteiger partial charge in [0.25, 0.3) is 5.91 Å². The highest BCUT2D eigenvalue weighted by atomic mass is 79.9. The Morgan fingerprint density at radius 1 is 1.26 bits per heavy atom. The molecule has 1 saturated heterocycles. The first-order chi connectivity index (χ1) is 16.2. The van der Waals surface area contributed by atoms with Gasteiger partial charge in [-0.05, 0) is 84.2 Å². The topological polar surface area (TPSA) is 68.2 Å². The van der Waals surface area contributed by atoms with E-state index in [9.17, 15) is 18.0 Å². The van der Waals surface area contributed by atoms with Gasteiger partial charge >= 0.3 is 6.18 Å². The summed E-state index contributed by atoms with van der Waals surface area (Å²) in [5, 5.41) is 10.5. The van der Waals surface area contributed by atoms with Crippen molar-refractivity contribution in [1.29, 1.82) is 0 Å². The summed E-state index contributed by atoms with van der Waals surface area (Å²) in [6.07, 6.45) is 0.418. The fraction of sp³-hybridized carbons (Fsp3) is 0.333. The van der Waals surface area contributed by atoms with Crippen LogP contribution in [0.2, 0.25) is 0 Å². The standard InChI is InChI=1S/C24H24BrF3N4O2/c1-32-22(20(25)14-30-32)19-13-18(8-9-21(19)34-12-10-17-3-2-11-29-17)31-23(33)15-4-6-16(7-5-15)24(26,27)28/h4-9,13-14,17,29H,2-3,10-12H2,1H3,(H,31,33). The van der Waals surface area contributed by atoms with Crippen LogP contribution < -0.4 is 15.4 Å². The van der Waals surface area contributed by atoms with Gasteiger partial charge in [0, 0.05) is 29.9 Å². The second kappa shape index (κ2) is 10.2. The van der Waals surface area contributed by atoms with Crippen molar-refractivity contribution >= 4 is 27.5 Å². The van der Waals surface area contributed by atoms with E-state index in [0.717, 1.165) is 59.4 Å². The van der Waals surface area contributed by atoms with Crippen molar-refractivity contribution in [3.05, 3.63) is 64.3 Å². The first-order valence-electron chi connectivity index (χ1n) is 10.9. The molecule has 10 heteroatoms. The van der Waals surface area contributed by atoms with Crippen molar-refractivity contribution in [2.24, 2.45) is 7.05 Å². The Kier molecular flexibility index (Phi) is 7.27. The lowest BCUT2D eigenvalue weighted by molar-refractivity contribution is -0.137. The number of rotatable bonds is 7. The molecule has 4 rings (SSSR count). The van der Waals surface area contributed by atoms with E-state index >= 15 is 0 Å². The van der Waals surface area contributed by atoms with E-state index in [2.05, 4.69) is 31.7 Å². The highest BCUT2D eigenvalue weighted by Crippen LogP contribution is 2.37. The van der Waals surface area contributed by atoms with Crippen LogP contribution in [0, 0.1) is 0 Å². The fourth-order valence-corrected chi connectivity index (χ4v) is 4.52. The maximum absolute atomic E-state index is 12.8. The van der Waals surface area contributed by atoms with Gasteiger partial charge in [0.1, 0.15) is 5.75 Å². The smallest absolute Gasteiger partial charge is 0.416 e. The summed E-state index contributed by atoms with van der Waals surface area (Å²) >= 11 is 3.52. The quantitative estimate of drug-likeness (QED) is 0.410. The van der Waals surface area contributed by atoms with Crippen LogP contribution in [0.1, 0.15) is 35.2 Å². The molecule has 3 aromatic rings. The number of aromatic nitrogens is 2. The highest BCUT2D eigenvalue weighted by molar-refractivity contribution is 9.10. The molecule has 6 nitrogen and oxygen atoms in total. The maximum Gasteiger partial charge on any atom is 0.416 e. The number of nitrogens with zero attached hydrogens (tertiary/aromatic N) is 2. The molecule has 1 atom stereocenters. The van der Waals surface area contributed by atoms with Gasteiger partial charge in [0.2, 0.25) is 0 Å². The van der Waals surface area contributed by atoms with Crippen LogP contribution in [-0.2, 0) is 13.2 Å². The lowest BCUT2D eigenvalue weighted by Crippen LogP contribution is -2.23. The maximum atomic E-state index is 12.8.